The predicted octanol–water partition coefficient (Wildman–Crippen LogP) is 3.10. The van der Waals surface area contributed by atoms with E-state index in [-0.39, 0.29) is 17.4 Å². The molecule has 78 valence electrons. The zero-order chi connectivity index (χ0) is 8.49. The van der Waals surface area contributed by atoms with Crippen molar-refractivity contribution in [2.75, 3.05) is 13.1 Å². The molecule has 13 heavy (non-hydrogen) atoms. The Hall–Kier alpha value is 0.492. The summed E-state index contributed by atoms with van der Waals surface area (Å²) in [5, 5.41) is 3.50. The van der Waals surface area contributed by atoms with Gasteiger partial charge in [-0.05, 0) is 25.9 Å². The summed E-state index contributed by atoms with van der Waals surface area (Å²) in [4.78, 5) is 0. The van der Waals surface area contributed by atoms with Crippen LogP contribution in [-0.2, 0) is 17.4 Å². The van der Waals surface area contributed by atoms with Crippen molar-refractivity contribution in [3.8, 4) is 0 Å². The Morgan fingerprint density at radius 2 is 0.769 bits per heavy atom. The minimum atomic E-state index is 0. The van der Waals surface area contributed by atoms with Gasteiger partial charge in [-0.25, -0.2) is 0 Å². The fourth-order valence-corrected chi connectivity index (χ4v) is 1.86. The third-order valence-corrected chi connectivity index (χ3v) is 2.71. The summed E-state index contributed by atoms with van der Waals surface area (Å²) in [6.07, 6.45) is 13.0. The largest absolute Gasteiger partial charge is 0.317 e. The summed E-state index contributed by atoms with van der Waals surface area (Å²) in [6, 6.07) is 0. The molecule has 0 atom stereocenters. The topological polar surface area (TPSA) is 12.0 Å². The summed E-state index contributed by atoms with van der Waals surface area (Å²) in [6.45, 7) is 2.50. The van der Waals surface area contributed by atoms with E-state index >= 15 is 0 Å². The van der Waals surface area contributed by atoms with E-state index in [2.05, 4.69) is 5.32 Å². The van der Waals surface area contributed by atoms with Crippen LogP contribution in [0, 0.1) is 0 Å². The number of nitrogens with one attached hydrogen (secondary N) is 1. The van der Waals surface area contributed by atoms with E-state index in [1.54, 1.807) is 0 Å². The quantitative estimate of drug-likeness (QED) is 0.662. The van der Waals surface area contributed by atoms with Gasteiger partial charge in [0.1, 0.15) is 0 Å². The molecule has 0 bridgehead atoms. The maximum Gasteiger partial charge on any atom is 0 e. The molecule has 1 aliphatic rings. The van der Waals surface area contributed by atoms with Gasteiger partial charge >= 0.3 is 0 Å². The van der Waals surface area contributed by atoms with Crippen molar-refractivity contribution in [3.05, 3.63) is 0 Å². The Morgan fingerprint density at radius 3 is 1.15 bits per heavy atom. The second-order valence-electron chi connectivity index (χ2n) is 3.93. The van der Waals surface area contributed by atoms with Crippen LogP contribution in [0.2, 0.25) is 0 Å². The standard InChI is InChI=1S/C11H23N.Cr/c1-2-4-6-8-10-12-11-9-7-5-3-1;/h12H,1-11H2;. The molecular weight excluding hydrogens is 198 g/mol. The van der Waals surface area contributed by atoms with Crippen molar-refractivity contribution in [1.82, 2.24) is 5.32 Å². The molecule has 0 amide bonds. The molecule has 0 aliphatic carbocycles. The van der Waals surface area contributed by atoms with E-state index in [0.29, 0.717) is 0 Å². The molecule has 0 unspecified atom stereocenters. The van der Waals surface area contributed by atoms with Crippen LogP contribution in [-0.4, -0.2) is 13.1 Å². The molecule has 0 radical (unpaired) electrons. The van der Waals surface area contributed by atoms with E-state index in [0.717, 1.165) is 0 Å². The van der Waals surface area contributed by atoms with Gasteiger partial charge in [-0.15, -0.1) is 0 Å². The van der Waals surface area contributed by atoms with E-state index < -0.39 is 0 Å². The van der Waals surface area contributed by atoms with Gasteiger partial charge in [-0.1, -0.05) is 44.9 Å². The van der Waals surface area contributed by atoms with Gasteiger partial charge in [0.05, 0.1) is 0 Å². The first-order valence-corrected chi connectivity index (χ1v) is 5.71. The average molecular weight is 221 g/mol. The SMILES string of the molecule is C1CCCCCNCCCCC1.[Cr]. The molecule has 0 aromatic carbocycles. The first-order chi connectivity index (χ1) is 6.00. The molecule has 2 heteroatoms. The minimum Gasteiger partial charge on any atom is -0.317 e. The Labute approximate surface area is 93.8 Å². The van der Waals surface area contributed by atoms with Crippen molar-refractivity contribution in [3.63, 3.8) is 0 Å². The first-order valence-electron chi connectivity index (χ1n) is 5.71. The van der Waals surface area contributed by atoms with Gasteiger partial charge in [-0.3, -0.25) is 0 Å². The van der Waals surface area contributed by atoms with Crippen LogP contribution in [0.1, 0.15) is 57.8 Å². The molecule has 1 N–H and O–H groups in total. The van der Waals surface area contributed by atoms with Crippen molar-refractivity contribution in [1.29, 1.82) is 0 Å². The van der Waals surface area contributed by atoms with Gasteiger partial charge in [0.15, 0.2) is 0 Å². The van der Waals surface area contributed by atoms with Crippen molar-refractivity contribution in [2.24, 2.45) is 0 Å². The molecule has 0 aromatic heterocycles. The normalized spacial score (nSPS) is 22.2. The number of hydrogen-bond donors (Lipinski definition) is 1. The summed E-state index contributed by atoms with van der Waals surface area (Å²) in [5.41, 5.74) is 0. The minimum absolute atomic E-state index is 0. The average Bonchev–Trinajstić information content (AvgIpc) is 2.05. The fraction of sp³-hybridized carbons (Fsp3) is 1.00. The number of hydrogen-bond acceptors (Lipinski definition) is 1. The predicted molar refractivity (Wildman–Crippen MR) is 54.4 cm³/mol. The Kier molecular flexibility index (Phi) is 11.0. The Bertz CT molecular complexity index is 53.1. The number of rotatable bonds is 0. The van der Waals surface area contributed by atoms with Crippen LogP contribution in [0.4, 0.5) is 0 Å². The van der Waals surface area contributed by atoms with Gasteiger partial charge in [0, 0.05) is 17.4 Å². The van der Waals surface area contributed by atoms with Crippen molar-refractivity contribution in [2.45, 2.75) is 57.8 Å². The molecule has 1 nitrogen and oxygen atoms in total. The molecule has 1 rings (SSSR count). The molecule has 0 aromatic rings. The zero-order valence-electron chi connectivity index (χ0n) is 8.69. The zero-order valence-corrected chi connectivity index (χ0v) is 9.96. The van der Waals surface area contributed by atoms with Crippen LogP contribution in [0.3, 0.4) is 0 Å². The van der Waals surface area contributed by atoms with Gasteiger partial charge < -0.3 is 5.32 Å². The second-order valence-corrected chi connectivity index (χ2v) is 3.93. The van der Waals surface area contributed by atoms with Crippen molar-refractivity contribution < 1.29 is 17.4 Å². The summed E-state index contributed by atoms with van der Waals surface area (Å²) in [7, 11) is 0. The molecular formula is C11H23CrN. The first kappa shape index (κ1) is 13.5. The van der Waals surface area contributed by atoms with Gasteiger partial charge in [0.25, 0.3) is 0 Å². The summed E-state index contributed by atoms with van der Waals surface area (Å²) >= 11 is 0. The van der Waals surface area contributed by atoms with E-state index in [9.17, 15) is 0 Å². The van der Waals surface area contributed by atoms with E-state index in [4.69, 9.17) is 0 Å². The van der Waals surface area contributed by atoms with E-state index in [1.165, 1.54) is 70.9 Å². The molecule has 0 saturated carbocycles. The summed E-state index contributed by atoms with van der Waals surface area (Å²) < 4.78 is 0. The Morgan fingerprint density at radius 1 is 0.462 bits per heavy atom. The van der Waals surface area contributed by atoms with Crippen LogP contribution >= 0.6 is 0 Å². The van der Waals surface area contributed by atoms with E-state index in [1.807, 2.05) is 0 Å². The van der Waals surface area contributed by atoms with Crippen LogP contribution in [0.25, 0.3) is 0 Å². The fourth-order valence-electron chi connectivity index (χ4n) is 1.86. The third kappa shape index (κ3) is 8.81. The summed E-state index contributed by atoms with van der Waals surface area (Å²) in [5.74, 6) is 0. The maximum absolute atomic E-state index is 3.50. The van der Waals surface area contributed by atoms with Crippen molar-refractivity contribution >= 4 is 0 Å². The molecule has 1 heterocycles. The smallest absolute Gasteiger partial charge is 0 e. The van der Waals surface area contributed by atoms with Crippen LogP contribution < -0.4 is 5.32 Å². The van der Waals surface area contributed by atoms with Crippen LogP contribution in [0.5, 0.6) is 0 Å². The molecule has 0 spiro atoms. The van der Waals surface area contributed by atoms with Gasteiger partial charge in [-0.2, -0.15) is 0 Å². The second kappa shape index (κ2) is 10.6. The monoisotopic (exact) mass is 221 g/mol. The third-order valence-electron chi connectivity index (χ3n) is 2.71. The molecule has 1 aliphatic heterocycles. The molecule has 1 fully saturated rings. The molecule has 1 saturated heterocycles. The maximum atomic E-state index is 3.50. The Balaban J connectivity index is 0.00000144. The van der Waals surface area contributed by atoms with Gasteiger partial charge in [0.2, 0.25) is 0 Å². The van der Waals surface area contributed by atoms with Crippen LogP contribution in [0.15, 0.2) is 0 Å².